The first-order valence-electron chi connectivity index (χ1n) is 13.2. The molecule has 0 saturated carbocycles. The number of phenolic OH excluding ortho intramolecular Hbond substituents is 1. The molecule has 1 aliphatic heterocycles. The Hall–Kier alpha value is -3.72. The molecule has 0 atom stereocenters. The number of nitrogen functional groups attached to an aromatic ring is 1. The summed E-state index contributed by atoms with van der Waals surface area (Å²) in [5, 5.41) is 29.0. The quantitative estimate of drug-likeness (QED) is 0.199. The van der Waals surface area contributed by atoms with E-state index in [0.29, 0.717) is 103 Å². The first-order chi connectivity index (χ1) is 19.5. The molecule has 1 aliphatic rings. The zero-order valence-electron chi connectivity index (χ0n) is 22.5. The molecule has 14 nitrogen and oxygen atoms in total. The van der Waals surface area contributed by atoms with Crippen LogP contribution in [0.3, 0.4) is 0 Å². The first-order valence-corrected chi connectivity index (χ1v) is 13.2. The molecule has 1 fully saturated rings. The zero-order valence-corrected chi connectivity index (χ0v) is 22.5. The third-order valence-corrected chi connectivity index (χ3v) is 6.05. The Morgan fingerprint density at radius 1 is 0.875 bits per heavy atom. The Morgan fingerprint density at radius 2 is 1.48 bits per heavy atom. The van der Waals surface area contributed by atoms with Crippen molar-refractivity contribution >= 4 is 23.5 Å². The van der Waals surface area contributed by atoms with E-state index < -0.39 is 6.09 Å². The summed E-state index contributed by atoms with van der Waals surface area (Å²) >= 11 is 0. The molecule has 3 rings (SSSR count). The van der Waals surface area contributed by atoms with Gasteiger partial charge in [0, 0.05) is 38.3 Å². The van der Waals surface area contributed by atoms with E-state index in [1.165, 1.54) is 0 Å². The van der Waals surface area contributed by atoms with Crippen LogP contribution in [0, 0.1) is 0 Å². The summed E-state index contributed by atoms with van der Waals surface area (Å²) < 4.78 is 21.5. The summed E-state index contributed by atoms with van der Waals surface area (Å²) in [5.74, 6) is 0.456. The third-order valence-electron chi connectivity index (χ3n) is 6.05. The van der Waals surface area contributed by atoms with Crippen molar-refractivity contribution in [1.82, 2.24) is 20.4 Å². The van der Waals surface area contributed by atoms with Crippen molar-refractivity contribution in [3.05, 3.63) is 30.3 Å². The van der Waals surface area contributed by atoms with Crippen molar-refractivity contribution in [3.8, 4) is 17.0 Å². The van der Waals surface area contributed by atoms with Crippen LogP contribution in [0.1, 0.15) is 6.42 Å². The average molecular weight is 563 g/mol. The van der Waals surface area contributed by atoms with Crippen LogP contribution in [0.15, 0.2) is 30.3 Å². The second kappa shape index (κ2) is 17.1. The van der Waals surface area contributed by atoms with Gasteiger partial charge in [-0.05, 0) is 18.2 Å². The maximum Gasteiger partial charge on any atom is 0.404 e. The number of nitrogens with two attached hydrogens (primary N) is 1. The SMILES string of the molecule is Nc1nnc(-c2ccccc2O)cc1N1CCN(C(=O)CCOCCOCCOCCOCCNC(=O)O)CC1. The van der Waals surface area contributed by atoms with Gasteiger partial charge in [0.25, 0.3) is 0 Å². The Bertz CT molecular complexity index is 1070. The molecule has 2 aromatic rings. The number of carbonyl (C=O) groups excluding carboxylic acids is 1. The van der Waals surface area contributed by atoms with E-state index in [2.05, 4.69) is 20.4 Å². The molecule has 1 aromatic heterocycles. The van der Waals surface area contributed by atoms with Gasteiger partial charge >= 0.3 is 6.09 Å². The lowest BCUT2D eigenvalue weighted by Gasteiger charge is -2.36. The van der Waals surface area contributed by atoms with Crippen LogP contribution >= 0.6 is 0 Å². The first kappa shape index (κ1) is 30.8. The fraction of sp³-hybridized carbons (Fsp3) is 0.538. The number of para-hydroxylation sites is 1. The van der Waals surface area contributed by atoms with Crippen molar-refractivity contribution < 1.29 is 38.7 Å². The van der Waals surface area contributed by atoms with Gasteiger partial charge in [0.2, 0.25) is 5.91 Å². The molecule has 0 radical (unpaired) electrons. The van der Waals surface area contributed by atoms with Gasteiger partial charge in [-0.15, -0.1) is 10.2 Å². The predicted molar refractivity (Wildman–Crippen MR) is 146 cm³/mol. The average Bonchev–Trinajstić information content (AvgIpc) is 2.95. The number of ether oxygens (including phenoxy) is 4. The van der Waals surface area contributed by atoms with Gasteiger partial charge in [0.1, 0.15) is 5.75 Å². The van der Waals surface area contributed by atoms with E-state index in [0.717, 1.165) is 5.69 Å². The lowest BCUT2D eigenvalue weighted by molar-refractivity contribution is -0.132. The highest BCUT2D eigenvalue weighted by atomic mass is 16.6. The second-order valence-corrected chi connectivity index (χ2v) is 8.82. The van der Waals surface area contributed by atoms with Crippen LogP contribution < -0.4 is 16.0 Å². The molecule has 1 aromatic carbocycles. The summed E-state index contributed by atoms with van der Waals surface area (Å²) in [6.07, 6.45) is -0.781. The number of nitrogens with one attached hydrogen (secondary N) is 1. The fourth-order valence-electron chi connectivity index (χ4n) is 3.97. The van der Waals surface area contributed by atoms with E-state index in [1.54, 1.807) is 18.2 Å². The number of piperazine rings is 1. The number of benzene rings is 1. The highest BCUT2D eigenvalue weighted by Gasteiger charge is 2.23. The molecule has 2 amide bonds. The third kappa shape index (κ3) is 10.4. The fourth-order valence-corrected chi connectivity index (χ4v) is 3.97. The molecular formula is C26H38N6O8. The monoisotopic (exact) mass is 562 g/mol. The summed E-state index contributed by atoms with van der Waals surface area (Å²) in [7, 11) is 0. The summed E-state index contributed by atoms with van der Waals surface area (Å²) in [6, 6.07) is 8.74. The molecule has 0 spiro atoms. The minimum absolute atomic E-state index is 0.0330. The standard InChI is InChI=1S/C26H38N6O8/c27-25-22(19-21(29-30-25)20-3-1-2-4-23(20)33)31-7-9-32(10-8-31)24(34)5-11-37-13-15-39-17-18-40-16-14-38-12-6-28-26(35)36/h1-4,19,28,33H,5-18H2,(H2,27,30)(H,35,36). The maximum absolute atomic E-state index is 12.6. The number of hydrogen-bond donors (Lipinski definition) is 4. The van der Waals surface area contributed by atoms with Crippen LogP contribution in [0.4, 0.5) is 16.3 Å². The maximum atomic E-state index is 12.6. The van der Waals surface area contributed by atoms with E-state index in [4.69, 9.17) is 29.8 Å². The zero-order chi connectivity index (χ0) is 28.6. The van der Waals surface area contributed by atoms with Crippen molar-refractivity contribution in [2.45, 2.75) is 6.42 Å². The van der Waals surface area contributed by atoms with Crippen LogP contribution in [-0.4, -0.2) is 123 Å². The second-order valence-electron chi connectivity index (χ2n) is 8.82. The number of aromatic hydroxyl groups is 1. The molecule has 5 N–H and O–H groups in total. The molecule has 40 heavy (non-hydrogen) atoms. The lowest BCUT2D eigenvalue weighted by atomic mass is 10.1. The highest BCUT2D eigenvalue weighted by molar-refractivity contribution is 5.77. The number of phenols is 1. The molecule has 0 aliphatic carbocycles. The topological polar surface area (TPSA) is 182 Å². The molecule has 1 saturated heterocycles. The number of amides is 2. The molecule has 0 bridgehead atoms. The van der Waals surface area contributed by atoms with Crippen LogP contribution in [0.5, 0.6) is 5.75 Å². The summed E-state index contributed by atoms with van der Waals surface area (Å²) in [6.45, 7) is 5.56. The van der Waals surface area contributed by atoms with Crippen molar-refractivity contribution in [2.24, 2.45) is 0 Å². The lowest BCUT2D eigenvalue weighted by Crippen LogP contribution is -2.49. The van der Waals surface area contributed by atoms with Crippen molar-refractivity contribution in [2.75, 3.05) is 96.2 Å². The van der Waals surface area contributed by atoms with E-state index in [-0.39, 0.29) is 18.2 Å². The predicted octanol–water partition coefficient (Wildman–Crippen LogP) is 0.804. The minimum atomic E-state index is -1.07. The van der Waals surface area contributed by atoms with Crippen LogP contribution in [0.2, 0.25) is 0 Å². The Morgan fingerprint density at radius 3 is 2.10 bits per heavy atom. The molecule has 2 heterocycles. The van der Waals surface area contributed by atoms with E-state index in [9.17, 15) is 14.7 Å². The summed E-state index contributed by atoms with van der Waals surface area (Å²) in [4.78, 5) is 26.8. The minimum Gasteiger partial charge on any atom is -0.507 e. The number of carboxylic acid groups (broad SMARTS) is 1. The molecule has 0 unspecified atom stereocenters. The smallest absolute Gasteiger partial charge is 0.404 e. The Labute approximate surface area is 233 Å². The summed E-state index contributed by atoms with van der Waals surface area (Å²) in [5.41, 5.74) is 7.93. The number of aromatic nitrogens is 2. The highest BCUT2D eigenvalue weighted by Crippen LogP contribution is 2.31. The van der Waals surface area contributed by atoms with Gasteiger partial charge in [-0.25, -0.2) is 4.79 Å². The van der Waals surface area contributed by atoms with Crippen LogP contribution in [0.25, 0.3) is 11.3 Å². The van der Waals surface area contributed by atoms with Gasteiger partial charge < -0.3 is 50.0 Å². The number of carbonyl (C=O) groups is 2. The van der Waals surface area contributed by atoms with Gasteiger partial charge in [-0.2, -0.15) is 0 Å². The van der Waals surface area contributed by atoms with Crippen molar-refractivity contribution in [3.63, 3.8) is 0 Å². The number of hydrogen-bond acceptors (Lipinski definition) is 11. The van der Waals surface area contributed by atoms with E-state index in [1.807, 2.05) is 17.0 Å². The number of nitrogens with zero attached hydrogens (tertiary/aromatic N) is 4. The van der Waals surface area contributed by atoms with Crippen molar-refractivity contribution in [1.29, 1.82) is 0 Å². The van der Waals surface area contributed by atoms with Gasteiger partial charge in [-0.3, -0.25) is 4.79 Å². The Kier molecular flexibility index (Phi) is 13.2. The molecule has 220 valence electrons. The normalized spacial score (nSPS) is 13.4. The van der Waals surface area contributed by atoms with Gasteiger partial charge in [0.15, 0.2) is 5.82 Å². The molecular weight excluding hydrogens is 524 g/mol. The largest absolute Gasteiger partial charge is 0.507 e. The number of rotatable bonds is 17. The molecule has 14 heteroatoms. The van der Waals surface area contributed by atoms with Gasteiger partial charge in [-0.1, -0.05) is 12.1 Å². The van der Waals surface area contributed by atoms with E-state index >= 15 is 0 Å². The van der Waals surface area contributed by atoms with Crippen LogP contribution in [-0.2, 0) is 23.7 Å². The Balaban J connectivity index is 1.23. The van der Waals surface area contributed by atoms with Gasteiger partial charge in [0.05, 0.1) is 70.7 Å². The number of anilines is 2.